The van der Waals surface area contributed by atoms with Gasteiger partial charge in [-0.25, -0.2) is 0 Å². The first-order valence-electron chi connectivity index (χ1n) is 5.44. The predicted octanol–water partition coefficient (Wildman–Crippen LogP) is 2.65. The number of carbonyl (C=O) groups is 1. The van der Waals surface area contributed by atoms with Crippen molar-refractivity contribution in [2.45, 2.75) is 19.3 Å². The highest BCUT2D eigenvalue weighted by Gasteiger charge is 2.36. The van der Waals surface area contributed by atoms with E-state index in [0.29, 0.717) is 23.5 Å². The van der Waals surface area contributed by atoms with Crippen LogP contribution in [0.5, 0.6) is 0 Å². The van der Waals surface area contributed by atoms with Crippen LogP contribution in [0.2, 0.25) is 0 Å². The molecule has 0 spiro atoms. The first kappa shape index (κ1) is 8.22. The molecule has 3 aliphatic carbocycles. The van der Waals surface area contributed by atoms with Crippen molar-refractivity contribution in [3.8, 4) is 0 Å². The van der Waals surface area contributed by atoms with Crippen LogP contribution in [0.25, 0.3) is 0 Å². The Balaban J connectivity index is 1.88. The summed E-state index contributed by atoms with van der Waals surface area (Å²) in [7, 11) is 0. The van der Waals surface area contributed by atoms with Crippen LogP contribution in [-0.2, 0) is 4.79 Å². The summed E-state index contributed by atoms with van der Waals surface area (Å²) in [6.45, 7) is 0. The summed E-state index contributed by atoms with van der Waals surface area (Å²) in [5.41, 5.74) is 1.39. The van der Waals surface area contributed by atoms with E-state index in [1.807, 2.05) is 6.08 Å². The van der Waals surface area contributed by atoms with Crippen LogP contribution in [0.1, 0.15) is 19.3 Å². The molecular formula is C13H14O. The molecule has 0 fully saturated rings. The van der Waals surface area contributed by atoms with Gasteiger partial charge >= 0.3 is 0 Å². The first-order valence-corrected chi connectivity index (χ1v) is 5.44. The maximum absolute atomic E-state index is 11.3. The lowest BCUT2D eigenvalue weighted by Crippen LogP contribution is -2.16. The molecule has 0 saturated carbocycles. The van der Waals surface area contributed by atoms with Gasteiger partial charge < -0.3 is 0 Å². The molecule has 72 valence electrons. The monoisotopic (exact) mass is 186 g/mol. The zero-order chi connectivity index (χ0) is 9.54. The molecule has 3 rings (SSSR count). The van der Waals surface area contributed by atoms with Crippen molar-refractivity contribution in [3.05, 3.63) is 36.0 Å². The molecule has 0 N–H and O–H groups in total. The van der Waals surface area contributed by atoms with Crippen molar-refractivity contribution in [1.82, 2.24) is 0 Å². The Morgan fingerprint density at radius 1 is 1.00 bits per heavy atom. The average Bonchev–Trinajstić information content (AvgIpc) is 2.76. The molecule has 0 aromatic carbocycles. The zero-order valence-electron chi connectivity index (χ0n) is 8.15. The molecule has 0 unspecified atom stereocenters. The zero-order valence-corrected chi connectivity index (χ0v) is 8.15. The Kier molecular flexibility index (Phi) is 1.73. The number of fused-ring (bicyclic) bond motifs is 2. The summed E-state index contributed by atoms with van der Waals surface area (Å²) in [5, 5.41) is 0. The van der Waals surface area contributed by atoms with Crippen molar-refractivity contribution in [1.29, 1.82) is 0 Å². The fourth-order valence-corrected chi connectivity index (χ4v) is 2.95. The Labute approximate surface area is 84.2 Å². The molecular weight excluding hydrogens is 172 g/mol. The van der Waals surface area contributed by atoms with Gasteiger partial charge in [-0.05, 0) is 24.8 Å². The lowest BCUT2D eigenvalue weighted by Gasteiger charge is -2.22. The van der Waals surface area contributed by atoms with Crippen LogP contribution < -0.4 is 0 Å². The third-order valence-electron chi connectivity index (χ3n) is 3.60. The second kappa shape index (κ2) is 2.94. The third-order valence-corrected chi connectivity index (χ3v) is 3.60. The molecule has 0 aromatic rings. The van der Waals surface area contributed by atoms with Crippen LogP contribution in [0.15, 0.2) is 36.0 Å². The fourth-order valence-electron chi connectivity index (χ4n) is 2.95. The summed E-state index contributed by atoms with van der Waals surface area (Å²) in [4.78, 5) is 11.3. The molecule has 0 saturated heterocycles. The van der Waals surface area contributed by atoms with Crippen LogP contribution in [-0.4, -0.2) is 5.78 Å². The van der Waals surface area contributed by atoms with Crippen molar-refractivity contribution >= 4 is 5.78 Å². The maximum Gasteiger partial charge on any atom is 0.155 e. The van der Waals surface area contributed by atoms with Gasteiger partial charge in [0.1, 0.15) is 0 Å². The molecule has 2 bridgehead atoms. The van der Waals surface area contributed by atoms with Crippen molar-refractivity contribution < 1.29 is 4.79 Å². The van der Waals surface area contributed by atoms with Gasteiger partial charge in [0.25, 0.3) is 0 Å². The Bertz CT molecular complexity index is 329. The number of allylic oxidation sites excluding steroid dienone is 6. The van der Waals surface area contributed by atoms with Crippen LogP contribution >= 0.6 is 0 Å². The van der Waals surface area contributed by atoms with Crippen LogP contribution in [0.3, 0.4) is 0 Å². The molecule has 1 nitrogen and oxygen atoms in total. The van der Waals surface area contributed by atoms with Gasteiger partial charge in [0.15, 0.2) is 5.78 Å². The van der Waals surface area contributed by atoms with Crippen LogP contribution in [0, 0.1) is 17.8 Å². The second-order valence-corrected chi connectivity index (χ2v) is 4.49. The standard InChI is InChI=1S/C13H14O/c14-12-3-1-2-11(8-12)13-9-4-5-10(13)7-6-9/h4-10,13H,1-3H2. The molecule has 1 heteroatoms. The van der Waals surface area contributed by atoms with E-state index in [9.17, 15) is 4.79 Å². The predicted molar refractivity (Wildman–Crippen MR) is 55.7 cm³/mol. The summed E-state index contributed by atoms with van der Waals surface area (Å²) in [6.07, 6.45) is 14.0. The first-order chi connectivity index (χ1) is 6.84. The van der Waals surface area contributed by atoms with E-state index in [1.165, 1.54) is 5.57 Å². The Hall–Kier alpha value is -1.11. The van der Waals surface area contributed by atoms with E-state index in [0.717, 1.165) is 19.3 Å². The van der Waals surface area contributed by atoms with Gasteiger partial charge in [0.2, 0.25) is 0 Å². The quantitative estimate of drug-likeness (QED) is 0.575. The minimum atomic E-state index is 0.331. The van der Waals surface area contributed by atoms with E-state index in [-0.39, 0.29) is 0 Å². The highest BCUT2D eigenvalue weighted by molar-refractivity contribution is 5.91. The topological polar surface area (TPSA) is 17.1 Å². The van der Waals surface area contributed by atoms with E-state index in [2.05, 4.69) is 24.3 Å². The lowest BCUT2D eigenvalue weighted by atomic mass is 9.81. The Morgan fingerprint density at radius 3 is 2.21 bits per heavy atom. The molecule has 0 heterocycles. The molecule has 0 amide bonds. The molecule has 0 aromatic heterocycles. The normalized spacial score (nSPS) is 39.3. The van der Waals surface area contributed by atoms with Crippen molar-refractivity contribution in [3.63, 3.8) is 0 Å². The summed E-state index contributed by atoms with van der Waals surface area (Å²) >= 11 is 0. The lowest BCUT2D eigenvalue weighted by molar-refractivity contribution is -0.115. The second-order valence-electron chi connectivity index (χ2n) is 4.49. The number of carbonyl (C=O) groups excluding carboxylic acids is 1. The number of rotatable bonds is 1. The largest absolute Gasteiger partial charge is 0.295 e. The minimum absolute atomic E-state index is 0.331. The average molecular weight is 186 g/mol. The summed E-state index contributed by atoms with van der Waals surface area (Å²) < 4.78 is 0. The van der Waals surface area contributed by atoms with E-state index < -0.39 is 0 Å². The SMILES string of the molecule is O=C1C=C(C2C3C=CC2C=C3)CCC1. The van der Waals surface area contributed by atoms with E-state index in [1.54, 1.807) is 0 Å². The number of ketones is 1. The van der Waals surface area contributed by atoms with E-state index >= 15 is 0 Å². The maximum atomic E-state index is 11.3. The van der Waals surface area contributed by atoms with Crippen LogP contribution in [0.4, 0.5) is 0 Å². The molecule has 14 heavy (non-hydrogen) atoms. The van der Waals surface area contributed by atoms with Gasteiger partial charge in [0.05, 0.1) is 0 Å². The van der Waals surface area contributed by atoms with Crippen molar-refractivity contribution in [2.75, 3.05) is 0 Å². The van der Waals surface area contributed by atoms with Gasteiger partial charge in [-0.15, -0.1) is 0 Å². The highest BCUT2D eigenvalue weighted by atomic mass is 16.1. The van der Waals surface area contributed by atoms with Gasteiger partial charge in [-0.2, -0.15) is 0 Å². The van der Waals surface area contributed by atoms with Gasteiger partial charge in [0, 0.05) is 18.3 Å². The molecule has 3 aliphatic rings. The summed E-state index contributed by atoms with van der Waals surface area (Å²) in [6, 6.07) is 0. The molecule has 0 atom stereocenters. The molecule has 0 radical (unpaired) electrons. The van der Waals surface area contributed by atoms with Crippen molar-refractivity contribution in [2.24, 2.45) is 17.8 Å². The fraction of sp³-hybridized carbons (Fsp3) is 0.462. The smallest absolute Gasteiger partial charge is 0.155 e. The summed E-state index contributed by atoms with van der Waals surface area (Å²) in [5.74, 6) is 2.09. The number of hydrogen-bond donors (Lipinski definition) is 0. The Morgan fingerprint density at radius 2 is 1.64 bits per heavy atom. The third kappa shape index (κ3) is 1.12. The van der Waals surface area contributed by atoms with Gasteiger partial charge in [-0.3, -0.25) is 4.79 Å². The number of hydrogen-bond acceptors (Lipinski definition) is 1. The minimum Gasteiger partial charge on any atom is -0.295 e. The highest BCUT2D eigenvalue weighted by Crippen LogP contribution is 2.45. The molecule has 0 aliphatic heterocycles. The van der Waals surface area contributed by atoms with Gasteiger partial charge in [-0.1, -0.05) is 29.9 Å². The van der Waals surface area contributed by atoms with E-state index in [4.69, 9.17) is 0 Å².